The molecule has 4 heteroatoms. The molecule has 0 fully saturated rings. The topological polar surface area (TPSA) is 51.6 Å². The van der Waals surface area contributed by atoms with Crippen LogP contribution >= 0.6 is 0 Å². The summed E-state index contributed by atoms with van der Waals surface area (Å²) >= 11 is 0. The summed E-state index contributed by atoms with van der Waals surface area (Å²) in [4.78, 5) is 2.21. The molecule has 114 valence electrons. The number of nitrogens with zero attached hydrogens (tertiary/aromatic N) is 1. The minimum atomic E-state index is 0.173. The summed E-state index contributed by atoms with van der Waals surface area (Å²) in [5.74, 6) is 1.90. The maximum absolute atomic E-state index is 5.96. The van der Waals surface area contributed by atoms with Gasteiger partial charge in [-0.2, -0.15) is 0 Å². The lowest BCUT2D eigenvalue weighted by Crippen LogP contribution is -2.30. The summed E-state index contributed by atoms with van der Waals surface area (Å²) in [6, 6.07) is 12.6. The molecular weight excluding hydrogens is 264 g/mol. The van der Waals surface area contributed by atoms with E-state index in [1.165, 1.54) is 11.1 Å². The van der Waals surface area contributed by atoms with Crippen molar-refractivity contribution in [1.82, 2.24) is 4.90 Å². The first-order valence-corrected chi connectivity index (χ1v) is 7.17. The third-order valence-electron chi connectivity index (χ3n) is 3.63. The van der Waals surface area contributed by atoms with Crippen molar-refractivity contribution >= 4 is 0 Å². The highest BCUT2D eigenvalue weighted by molar-refractivity contribution is 5.25. The summed E-state index contributed by atoms with van der Waals surface area (Å²) in [5.41, 5.74) is 8.34. The molecule has 0 aliphatic carbocycles. The number of hydrogen-bond donors (Lipinski definition) is 1. The van der Waals surface area contributed by atoms with Crippen LogP contribution in [0.15, 0.2) is 40.8 Å². The number of nitrogens with two attached hydrogens (primary N) is 1. The SMILES string of the molecule is COCc1ccc(C(CN)N(C)Cc2ccc(C)o2)cc1. The lowest BCUT2D eigenvalue weighted by molar-refractivity contribution is 0.184. The molecule has 0 aliphatic heterocycles. The normalized spacial score (nSPS) is 12.8. The predicted molar refractivity (Wildman–Crippen MR) is 83.9 cm³/mol. The minimum Gasteiger partial charge on any atom is -0.465 e. The number of benzene rings is 1. The summed E-state index contributed by atoms with van der Waals surface area (Å²) < 4.78 is 10.8. The Balaban J connectivity index is 2.07. The van der Waals surface area contributed by atoms with E-state index >= 15 is 0 Å². The minimum absolute atomic E-state index is 0.173. The molecule has 0 radical (unpaired) electrons. The van der Waals surface area contributed by atoms with Crippen LogP contribution < -0.4 is 5.73 Å². The van der Waals surface area contributed by atoms with E-state index in [0.29, 0.717) is 13.2 Å². The van der Waals surface area contributed by atoms with Gasteiger partial charge in [-0.15, -0.1) is 0 Å². The van der Waals surface area contributed by atoms with Crippen LogP contribution in [0.4, 0.5) is 0 Å². The molecule has 1 aromatic heterocycles. The van der Waals surface area contributed by atoms with E-state index in [4.69, 9.17) is 14.9 Å². The Morgan fingerprint density at radius 1 is 1.19 bits per heavy atom. The second-order valence-corrected chi connectivity index (χ2v) is 5.35. The molecule has 0 aliphatic rings. The van der Waals surface area contributed by atoms with E-state index in [0.717, 1.165) is 18.1 Å². The van der Waals surface area contributed by atoms with Crippen molar-refractivity contribution < 1.29 is 9.15 Å². The lowest BCUT2D eigenvalue weighted by atomic mass is 10.0. The maximum atomic E-state index is 5.96. The zero-order valence-corrected chi connectivity index (χ0v) is 13.0. The lowest BCUT2D eigenvalue weighted by Gasteiger charge is -2.26. The zero-order valence-electron chi connectivity index (χ0n) is 13.0. The van der Waals surface area contributed by atoms with Crippen molar-refractivity contribution in [3.8, 4) is 0 Å². The van der Waals surface area contributed by atoms with E-state index < -0.39 is 0 Å². The number of hydrogen-bond acceptors (Lipinski definition) is 4. The number of aryl methyl sites for hydroxylation is 1. The van der Waals surface area contributed by atoms with Crippen LogP contribution in [0.3, 0.4) is 0 Å². The third kappa shape index (κ3) is 4.17. The van der Waals surface area contributed by atoms with Gasteiger partial charge < -0.3 is 14.9 Å². The van der Waals surface area contributed by atoms with Crippen molar-refractivity contribution in [3.63, 3.8) is 0 Å². The highest BCUT2D eigenvalue weighted by Crippen LogP contribution is 2.21. The van der Waals surface area contributed by atoms with E-state index in [9.17, 15) is 0 Å². The van der Waals surface area contributed by atoms with Gasteiger partial charge in [0.2, 0.25) is 0 Å². The first kappa shape index (κ1) is 15.8. The van der Waals surface area contributed by atoms with Crippen LogP contribution in [0.5, 0.6) is 0 Å². The zero-order chi connectivity index (χ0) is 15.2. The Bertz CT molecular complexity index is 548. The standard InChI is InChI=1S/C17H24N2O2/c1-13-4-9-16(21-13)11-19(2)17(10-18)15-7-5-14(6-8-15)12-20-3/h4-9,17H,10-12,18H2,1-3H3. The van der Waals surface area contributed by atoms with Gasteiger partial charge in [-0.05, 0) is 37.2 Å². The van der Waals surface area contributed by atoms with Gasteiger partial charge >= 0.3 is 0 Å². The highest BCUT2D eigenvalue weighted by atomic mass is 16.5. The van der Waals surface area contributed by atoms with Gasteiger partial charge in [-0.1, -0.05) is 24.3 Å². The van der Waals surface area contributed by atoms with Crippen molar-refractivity contribution in [2.45, 2.75) is 26.1 Å². The monoisotopic (exact) mass is 288 g/mol. The average molecular weight is 288 g/mol. The molecule has 1 aromatic carbocycles. The number of ether oxygens (including phenoxy) is 1. The van der Waals surface area contributed by atoms with Crippen LogP contribution in [-0.2, 0) is 17.9 Å². The Morgan fingerprint density at radius 2 is 1.90 bits per heavy atom. The van der Waals surface area contributed by atoms with E-state index in [2.05, 4.69) is 36.2 Å². The fourth-order valence-corrected chi connectivity index (χ4v) is 2.50. The van der Waals surface area contributed by atoms with Crippen molar-refractivity contribution in [2.24, 2.45) is 5.73 Å². The quantitative estimate of drug-likeness (QED) is 0.851. The first-order chi connectivity index (χ1) is 10.1. The molecule has 0 saturated heterocycles. The van der Waals surface area contributed by atoms with Gasteiger partial charge in [-0.25, -0.2) is 0 Å². The molecule has 21 heavy (non-hydrogen) atoms. The van der Waals surface area contributed by atoms with Gasteiger partial charge in [0.15, 0.2) is 0 Å². The number of rotatable bonds is 7. The summed E-state index contributed by atoms with van der Waals surface area (Å²) in [7, 11) is 3.77. The molecule has 0 amide bonds. The summed E-state index contributed by atoms with van der Waals surface area (Å²) in [6.07, 6.45) is 0. The largest absolute Gasteiger partial charge is 0.465 e. The van der Waals surface area contributed by atoms with Crippen molar-refractivity contribution in [1.29, 1.82) is 0 Å². The average Bonchev–Trinajstić information content (AvgIpc) is 2.87. The molecule has 4 nitrogen and oxygen atoms in total. The molecule has 0 bridgehead atoms. The highest BCUT2D eigenvalue weighted by Gasteiger charge is 2.16. The molecular formula is C17H24N2O2. The van der Waals surface area contributed by atoms with Crippen LogP contribution in [-0.4, -0.2) is 25.6 Å². The summed E-state index contributed by atoms with van der Waals surface area (Å²) in [5, 5.41) is 0. The van der Waals surface area contributed by atoms with E-state index in [1.54, 1.807) is 7.11 Å². The summed E-state index contributed by atoms with van der Waals surface area (Å²) in [6.45, 7) is 3.91. The third-order valence-corrected chi connectivity index (χ3v) is 3.63. The van der Waals surface area contributed by atoms with Gasteiger partial charge in [0.05, 0.1) is 13.2 Å². The van der Waals surface area contributed by atoms with E-state index in [-0.39, 0.29) is 6.04 Å². The van der Waals surface area contributed by atoms with Crippen LogP contribution in [0, 0.1) is 6.92 Å². The maximum Gasteiger partial charge on any atom is 0.118 e. The number of furan rings is 1. The van der Waals surface area contributed by atoms with Crippen LogP contribution in [0.1, 0.15) is 28.7 Å². The smallest absolute Gasteiger partial charge is 0.118 e. The molecule has 2 N–H and O–H groups in total. The van der Waals surface area contributed by atoms with E-state index in [1.807, 2.05) is 19.1 Å². The Hall–Kier alpha value is -1.62. The van der Waals surface area contributed by atoms with Gasteiger partial charge in [-0.3, -0.25) is 4.90 Å². The molecule has 0 saturated carbocycles. The number of methoxy groups -OCH3 is 1. The van der Waals surface area contributed by atoms with Gasteiger partial charge in [0.1, 0.15) is 11.5 Å². The molecule has 1 atom stereocenters. The Kier molecular flexibility index (Phi) is 5.56. The Morgan fingerprint density at radius 3 is 2.43 bits per heavy atom. The molecule has 2 rings (SSSR count). The fraction of sp³-hybridized carbons (Fsp3) is 0.412. The fourth-order valence-electron chi connectivity index (χ4n) is 2.50. The molecule has 0 spiro atoms. The predicted octanol–water partition coefficient (Wildman–Crippen LogP) is 2.87. The van der Waals surface area contributed by atoms with Crippen LogP contribution in [0.25, 0.3) is 0 Å². The number of likely N-dealkylation sites (N-methyl/N-ethyl adjacent to an activating group) is 1. The first-order valence-electron chi connectivity index (χ1n) is 7.17. The second kappa shape index (κ2) is 7.41. The molecule has 1 heterocycles. The van der Waals surface area contributed by atoms with Crippen molar-refractivity contribution in [2.75, 3.05) is 20.7 Å². The van der Waals surface area contributed by atoms with Gasteiger partial charge in [0, 0.05) is 19.7 Å². The molecule has 2 aromatic rings. The van der Waals surface area contributed by atoms with Crippen LogP contribution in [0.2, 0.25) is 0 Å². The Labute approximate surface area is 126 Å². The molecule has 1 unspecified atom stereocenters. The van der Waals surface area contributed by atoms with Crippen molar-refractivity contribution in [3.05, 3.63) is 59.0 Å². The second-order valence-electron chi connectivity index (χ2n) is 5.35. The van der Waals surface area contributed by atoms with Gasteiger partial charge in [0.25, 0.3) is 0 Å².